The molecule has 1 aromatic heterocycles. The second kappa shape index (κ2) is 14.8. The van der Waals surface area contributed by atoms with Crippen LogP contribution in [0, 0.1) is 0 Å². The number of carbonyl (C=O) groups is 2. The molecule has 2 amide bonds. The first kappa shape index (κ1) is 31.5. The molecular formula is C38H40ClN5O2. The molecule has 0 aliphatic carbocycles. The molecule has 0 unspecified atom stereocenters. The number of amides is 2. The maximum absolute atomic E-state index is 14.5. The van der Waals surface area contributed by atoms with E-state index < -0.39 is 6.04 Å². The Morgan fingerprint density at radius 3 is 2.28 bits per heavy atom. The third-order valence-corrected chi connectivity index (χ3v) is 9.19. The fraction of sp³-hybridized carbons (Fsp3) is 0.289. The molecule has 2 aliphatic rings. The number of nitrogens with zero attached hydrogens (tertiary/aromatic N) is 5. The van der Waals surface area contributed by atoms with Gasteiger partial charge in [0.05, 0.1) is 10.7 Å². The van der Waals surface area contributed by atoms with Crippen LogP contribution < -0.4 is 4.90 Å². The Labute approximate surface area is 276 Å². The Bertz CT molecular complexity index is 1650. The zero-order chi connectivity index (χ0) is 31.9. The van der Waals surface area contributed by atoms with Crippen molar-refractivity contribution in [1.82, 2.24) is 19.7 Å². The molecule has 46 heavy (non-hydrogen) atoms. The van der Waals surface area contributed by atoms with Crippen LogP contribution in [0.3, 0.4) is 0 Å². The van der Waals surface area contributed by atoms with Crippen LogP contribution in [0.25, 0.3) is 6.08 Å². The number of piperazine rings is 1. The van der Waals surface area contributed by atoms with E-state index in [0.29, 0.717) is 36.8 Å². The van der Waals surface area contributed by atoms with Crippen molar-refractivity contribution in [2.24, 2.45) is 0 Å². The normalized spacial score (nSPS) is 15.9. The Morgan fingerprint density at radius 1 is 0.848 bits per heavy atom. The second-order valence-electron chi connectivity index (χ2n) is 12.1. The highest BCUT2D eigenvalue weighted by molar-refractivity contribution is 6.30. The molecule has 1 atom stereocenters. The van der Waals surface area contributed by atoms with E-state index in [-0.39, 0.29) is 11.8 Å². The molecule has 3 aromatic carbocycles. The quantitative estimate of drug-likeness (QED) is 0.221. The van der Waals surface area contributed by atoms with E-state index in [1.165, 1.54) is 17.3 Å². The van der Waals surface area contributed by atoms with Crippen LogP contribution in [0.1, 0.15) is 27.9 Å². The van der Waals surface area contributed by atoms with Crippen molar-refractivity contribution in [2.75, 3.05) is 44.7 Å². The van der Waals surface area contributed by atoms with Gasteiger partial charge in [0.15, 0.2) is 0 Å². The molecule has 8 heteroatoms. The number of rotatable bonds is 9. The monoisotopic (exact) mass is 633 g/mol. The number of fused-ring (bicyclic) bond motifs is 1. The van der Waals surface area contributed by atoms with Crippen molar-refractivity contribution in [2.45, 2.75) is 32.0 Å². The van der Waals surface area contributed by atoms with E-state index in [0.717, 1.165) is 49.3 Å². The number of benzene rings is 3. The third kappa shape index (κ3) is 7.84. The van der Waals surface area contributed by atoms with Gasteiger partial charge < -0.3 is 19.6 Å². The van der Waals surface area contributed by atoms with Crippen molar-refractivity contribution in [1.29, 1.82) is 0 Å². The van der Waals surface area contributed by atoms with Crippen molar-refractivity contribution >= 4 is 35.2 Å². The Hall–Kier alpha value is -4.46. The average Bonchev–Trinajstić information content (AvgIpc) is 3.10. The van der Waals surface area contributed by atoms with E-state index in [4.69, 9.17) is 11.6 Å². The van der Waals surface area contributed by atoms with Crippen molar-refractivity contribution in [3.05, 3.63) is 136 Å². The maximum Gasteiger partial charge on any atom is 0.247 e. The fourth-order valence-corrected chi connectivity index (χ4v) is 6.33. The highest BCUT2D eigenvalue weighted by Crippen LogP contribution is 2.24. The molecule has 0 spiro atoms. The number of halogens is 1. The summed E-state index contributed by atoms with van der Waals surface area (Å²) in [5.74, 6) is -0.287. The van der Waals surface area contributed by atoms with E-state index in [1.807, 2.05) is 47.4 Å². The molecule has 0 saturated carbocycles. The van der Waals surface area contributed by atoms with E-state index in [9.17, 15) is 9.59 Å². The summed E-state index contributed by atoms with van der Waals surface area (Å²) < 4.78 is 0. The van der Waals surface area contributed by atoms with Gasteiger partial charge in [-0.25, -0.2) is 0 Å². The summed E-state index contributed by atoms with van der Waals surface area (Å²) in [5.41, 5.74) is 6.20. The molecular weight excluding hydrogens is 594 g/mol. The first-order chi connectivity index (χ1) is 22.4. The van der Waals surface area contributed by atoms with Crippen molar-refractivity contribution in [3.63, 3.8) is 0 Å². The molecule has 0 N–H and O–H groups in total. The predicted molar refractivity (Wildman–Crippen MR) is 184 cm³/mol. The minimum absolute atomic E-state index is 0.0428. The molecule has 0 bridgehead atoms. The van der Waals surface area contributed by atoms with Gasteiger partial charge in [-0.2, -0.15) is 0 Å². The Kier molecular flexibility index (Phi) is 10.1. The number of aromatic nitrogens is 1. The van der Waals surface area contributed by atoms with Gasteiger partial charge in [0, 0.05) is 70.2 Å². The van der Waals surface area contributed by atoms with Gasteiger partial charge in [-0.3, -0.25) is 14.6 Å². The molecule has 3 heterocycles. The smallest absolute Gasteiger partial charge is 0.247 e. The van der Waals surface area contributed by atoms with Crippen LogP contribution in [0.4, 0.5) is 5.69 Å². The van der Waals surface area contributed by atoms with Crippen LogP contribution in [0.2, 0.25) is 5.02 Å². The lowest BCUT2D eigenvalue weighted by Gasteiger charge is -2.37. The molecule has 1 saturated heterocycles. The largest absolute Gasteiger partial charge is 0.369 e. The summed E-state index contributed by atoms with van der Waals surface area (Å²) >= 11 is 6.03. The van der Waals surface area contributed by atoms with Crippen LogP contribution >= 0.6 is 11.6 Å². The number of anilines is 1. The minimum atomic E-state index is -0.694. The topological polar surface area (TPSA) is 60.0 Å². The fourth-order valence-electron chi connectivity index (χ4n) is 6.22. The lowest BCUT2D eigenvalue weighted by atomic mass is 9.97. The maximum atomic E-state index is 14.5. The number of likely N-dealkylation sites (N-methyl/N-ethyl adjacent to an activating group) is 1. The molecule has 6 rings (SSSR count). The summed E-state index contributed by atoms with van der Waals surface area (Å²) in [6.07, 6.45) is 5.97. The average molecular weight is 634 g/mol. The first-order valence-corrected chi connectivity index (χ1v) is 16.3. The molecule has 1 fully saturated rings. The van der Waals surface area contributed by atoms with Gasteiger partial charge in [0.1, 0.15) is 6.04 Å². The van der Waals surface area contributed by atoms with Gasteiger partial charge in [-0.05, 0) is 66.1 Å². The molecule has 7 nitrogen and oxygen atoms in total. The third-order valence-electron chi connectivity index (χ3n) is 8.96. The van der Waals surface area contributed by atoms with Gasteiger partial charge in [0.2, 0.25) is 11.8 Å². The standard InChI is InChI=1S/C38H40ClN5O2/c1-41-21-23-42(24-22-41)35-16-11-30(12-17-35)27-44(37(45)18-15-34-14-13-33(39)26-40-34)36(25-29-7-3-2-4-8-29)38(46)43-20-19-31-9-5-6-10-32(31)28-43/h2-18,26,36H,19-25,27-28H2,1H3/b18-15+/t36-/m0/s1. The SMILES string of the molecule is CN1CCN(c2ccc(CN(C(=O)/C=C/c3ccc(Cl)cn3)[C@@H](Cc3ccccc3)C(=O)N3CCc4ccccc4C3)cc2)CC1. The summed E-state index contributed by atoms with van der Waals surface area (Å²) in [6.45, 7) is 5.48. The number of carbonyl (C=O) groups excluding carboxylic acids is 2. The molecule has 4 aromatic rings. The van der Waals surface area contributed by atoms with Gasteiger partial charge >= 0.3 is 0 Å². The van der Waals surface area contributed by atoms with E-state index in [1.54, 1.807) is 29.3 Å². The van der Waals surface area contributed by atoms with Gasteiger partial charge in [-0.15, -0.1) is 0 Å². The van der Waals surface area contributed by atoms with E-state index in [2.05, 4.69) is 58.2 Å². The highest BCUT2D eigenvalue weighted by Gasteiger charge is 2.34. The Morgan fingerprint density at radius 2 is 1.57 bits per heavy atom. The second-order valence-corrected chi connectivity index (χ2v) is 12.6. The summed E-state index contributed by atoms with van der Waals surface area (Å²) in [6, 6.07) is 29.5. The van der Waals surface area contributed by atoms with Gasteiger partial charge in [-0.1, -0.05) is 78.3 Å². The first-order valence-electron chi connectivity index (χ1n) is 15.9. The van der Waals surface area contributed by atoms with Crippen LogP contribution in [-0.4, -0.2) is 77.3 Å². The zero-order valence-electron chi connectivity index (χ0n) is 26.3. The number of hydrogen-bond donors (Lipinski definition) is 0. The predicted octanol–water partition coefficient (Wildman–Crippen LogP) is 5.73. The van der Waals surface area contributed by atoms with E-state index >= 15 is 0 Å². The summed E-state index contributed by atoms with van der Waals surface area (Å²) in [7, 11) is 2.15. The number of hydrogen-bond acceptors (Lipinski definition) is 5. The lowest BCUT2D eigenvalue weighted by Crippen LogP contribution is -2.52. The van der Waals surface area contributed by atoms with Crippen molar-refractivity contribution in [3.8, 4) is 0 Å². The summed E-state index contributed by atoms with van der Waals surface area (Å²) in [5, 5.41) is 0.529. The van der Waals surface area contributed by atoms with Crippen LogP contribution in [-0.2, 0) is 35.5 Å². The molecule has 2 aliphatic heterocycles. The van der Waals surface area contributed by atoms with Crippen LogP contribution in [0.5, 0.6) is 0 Å². The lowest BCUT2D eigenvalue weighted by molar-refractivity contribution is -0.144. The van der Waals surface area contributed by atoms with Crippen molar-refractivity contribution < 1.29 is 9.59 Å². The zero-order valence-corrected chi connectivity index (χ0v) is 27.0. The Balaban J connectivity index is 1.31. The molecule has 0 radical (unpaired) electrons. The minimum Gasteiger partial charge on any atom is -0.369 e. The molecule has 236 valence electrons. The highest BCUT2D eigenvalue weighted by atomic mass is 35.5. The van der Waals surface area contributed by atoms with Gasteiger partial charge in [0.25, 0.3) is 0 Å². The summed E-state index contributed by atoms with van der Waals surface area (Å²) in [4.78, 5) is 41.4. The van der Waals surface area contributed by atoms with Crippen LogP contribution in [0.15, 0.2) is 103 Å². The number of pyridine rings is 1.